The zero-order chi connectivity index (χ0) is 10.8. The Hall–Kier alpha value is -2.65. The van der Waals surface area contributed by atoms with Crippen LogP contribution in [0, 0.1) is 0 Å². The molecule has 0 saturated carbocycles. The molecule has 10 heteroatoms. The molecule has 0 saturated heterocycles. The van der Waals surface area contributed by atoms with Crippen molar-refractivity contribution in [2.45, 2.75) is 0 Å². The SMILES string of the molecule is NC(N)=Nc1nc(-c2nonc2N)no1. The van der Waals surface area contributed by atoms with Gasteiger partial charge in [-0.3, -0.25) is 0 Å². The standard InChI is InChI=1S/C5H6N8O2/c6-2-1(11-15-12-2)3-9-5(14-13-3)10-4(7)8/h(H2,6,12)(H4,7,8,9,10,13). The number of nitrogens with two attached hydrogens (primary N) is 3. The summed E-state index contributed by atoms with van der Waals surface area (Å²) in [5, 5.41) is 10.3. The number of hydrogen-bond acceptors (Lipinski definition) is 8. The average Bonchev–Trinajstić information content (AvgIpc) is 2.72. The average molecular weight is 210 g/mol. The van der Waals surface area contributed by atoms with Gasteiger partial charge in [0.05, 0.1) is 0 Å². The quantitative estimate of drug-likeness (QED) is 0.398. The first kappa shape index (κ1) is 8.93. The molecular weight excluding hydrogens is 204 g/mol. The lowest BCUT2D eigenvalue weighted by Crippen LogP contribution is -2.21. The van der Waals surface area contributed by atoms with Crippen LogP contribution in [-0.4, -0.2) is 26.4 Å². The molecule has 2 aromatic heterocycles. The van der Waals surface area contributed by atoms with Crippen molar-refractivity contribution in [1.29, 1.82) is 0 Å². The third-order valence-corrected chi connectivity index (χ3v) is 1.37. The summed E-state index contributed by atoms with van der Waals surface area (Å²) in [5.41, 5.74) is 15.8. The molecule has 0 aliphatic carbocycles. The van der Waals surface area contributed by atoms with Crippen LogP contribution in [0.4, 0.5) is 11.8 Å². The van der Waals surface area contributed by atoms with Crippen LogP contribution in [0.2, 0.25) is 0 Å². The van der Waals surface area contributed by atoms with Gasteiger partial charge in [-0.2, -0.15) is 9.98 Å². The summed E-state index contributed by atoms with van der Waals surface area (Å²) in [6.45, 7) is 0. The molecule has 0 fully saturated rings. The molecule has 0 radical (unpaired) electrons. The molecule has 2 heterocycles. The van der Waals surface area contributed by atoms with Crippen LogP contribution >= 0.6 is 0 Å². The van der Waals surface area contributed by atoms with Crippen molar-refractivity contribution in [3.8, 4) is 11.5 Å². The molecule has 10 nitrogen and oxygen atoms in total. The van der Waals surface area contributed by atoms with Gasteiger partial charge in [0.2, 0.25) is 5.82 Å². The van der Waals surface area contributed by atoms with Crippen LogP contribution in [0.15, 0.2) is 14.1 Å². The van der Waals surface area contributed by atoms with Crippen LogP contribution in [0.3, 0.4) is 0 Å². The fourth-order valence-corrected chi connectivity index (χ4v) is 0.818. The van der Waals surface area contributed by atoms with Crippen molar-refractivity contribution < 1.29 is 9.15 Å². The van der Waals surface area contributed by atoms with Crippen LogP contribution in [0.25, 0.3) is 11.5 Å². The number of aromatic nitrogens is 4. The van der Waals surface area contributed by atoms with Crippen molar-refractivity contribution in [3.63, 3.8) is 0 Å². The van der Waals surface area contributed by atoms with Gasteiger partial charge in [-0.25, -0.2) is 4.63 Å². The monoisotopic (exact) mass is 210 g/mol. The highest BCUT2D eigenvalue weighted by Crippen LogP contribution is 2.20. The van der Waals surface area contributed by atoms with E-state index in [2.05, 4.69) is 34.6 Å². The zero-order valence-electron chi connectivity index (χ0n) is 7.28. The zero-order valence-corrected chi connectivity index (χ0v) is 7.28. The van der Waals surface area contributed by atoms with Crippen molar-refractivity contribution in [3.05, 3.63) is 0 Å². The number of aliphatic imine (C=N–C) groups is 1. The molecule has 15 heavy (non-hydrogen) atoms. The van der Waals surface area contributed by atoms with Crippen molar-refractivity contribution in [2.75, 3.05) is 5.73 Å². The second-order valence-electron chi connectivity index (χ2n) is 2.44. The summed E-state index contributed by atoms with van der Waals surface area (Å²) >= 11 is 0. The lowest BCUT2D eigenvalue weighted by molar-refractivity contribution is 0.310. The predicted octanol–water partition coefficient (Wildman–Crippen LogP) is -1.39. The van der Waals surface area contributed by atoms with Gasteiger partial charge in [0, 0.05) is 0 Å². The highest BCUT2D eigenvalue weighted by atomic mass is 16.6. The highest BCUT2D eigenvalue weighted by molar-refractivity contribution is 5.77. The smallest absolute Gasteiger partial charge is 0.351 e. The van der Waals surface area contributed by atoms with E-state index < -0.39 is 0 Å². The van der Waals surface area contributed by atoms with Crippen LogP contribution < -0.4 is 17.2 Å². The lowest BCUT2D eigenvalue weighted by Gasteiger charge is -1.83. The number of anilines is 1. The number of nitrogen functional groups attached to an aromatic ring is 1. The van der Waals surface area contributed by atoms with Crippen LogP contribution in [0.1, 0.15) is 0 Å². The first-order valence-electron chi connectivity index (χ1n) is 3.68. The third kappa shape index (κ3) is 1.67. The molecule has 0 bridgehead atoms. The molecule has 0 spiro atoms. The van der Waals surface area contributed by atoms with E-state index in [9.17, 15) is 0 Å². The van der Waals surface area contributed by atoms with Crippen molar-refractivity contribution in [1.82, 2.24) is 20.5 Å². The molecule has 78 valence electrons. The predicted molar refractivity (Wildman–Crippen MR) is 47.5 cm³/mol. The molecular formula is C5H6N8O2. The maximum absolute atomic E-state index is 5.41. The minimum absolute atomic E-state index is 0.0482. The number of hydrogen-bond donors (Lipinski definition) is 3. The summed E-state index contributed by atoms with van der Waals surface area (Å²) in [6, 6.07) is -0.104. The van der Waals surface area contributed by atoms with Gasteiger partial charge in [-0.1, -0.05) is 5.16 Å². The Kier molecular flexibility index (Phi) is 1.93. The maximum Gasteiger partial charge on any atom is 0.351 e. The third-order valence-electron chi connectivity index (χ3n) is 1.37. The van der Waals surface area contributed by atoms with E-state index in [-0.39, 0.29) is 29.3 Å². The highest BCUT2D eigenvalue weighted by Gasteiger charge is 2.16. The Labute approximate surface area is 82.1 Å². The molecule has 2 aromatic rings. The van der Waals surface area contributed by atoms with Crippen molar-refractivity contribution in [2.24, 2.45) is 16.5 Å². The number of nitrogens with zero attached hydrogens (tertiary/aromatic N) is 5. The van der Waals surface area contributed by atoms with Crippen LogP contribution in [0.5, 0.6) is 0 Å². The largest absolute Gasteiger partial charge is 0.379 e. The minimum atomic E-state index is -0.198. The first-order chi connectivity index (χ1) is 7.16. The Morgan fingerprint density at radius 3 is 2.60 bits per heavy atom. The Balaban J connectivity index is 2.36. The topological polar surface area (TPSA) is 168 Å². The second-order valence-corrected chi connectivity index (χ2v) is 2.44. The Morgan fingerprint density at radius 2 is 2.00 bits per heavy atom. The Morgan fingerprint density at radius 1 is 1.20 bits per heavy atom. The van der Waals surface area contributed by atoms with E-state index in [4.69, 9.17) is 17.2 Å². The molecule has 0 unspecified atom stereocenters. The lowest BCUT2D eigenvalue weighted by atomic mass is 10.4. The van der Waals surface area contributed by atoms with E-state index in [1.165, 1.54) is 0 Å². The van der Waals surface area contributed by atoms with E-state index in [1.54, 1.807) is 0 Å². The number of rotatable bonds is 2. The van der Waals surface area contributed by atoms with E-state index in [0.717, 1.165) is 0 Å². The molecule has 2 rings (SSSR count). The molecule has 6 N–H and O–H groups in total. The van der Waals surface area contributed by atoms with Gasteiger partial charge in [0.15, 0.2) is 17.5 Å². The van der Waals surface area contributed by atoms with E-state index in [0.29, 0.717) is 0 Å². The van der Waals surface area contributed by atoms with E-state index >= 15 is 0 Å². The maximum atomic E-state index is 5.41. The summed E-state index contributed by atoms with van der Waals surface area (Å²) in [4.78, 5) is 7.32. The van der Waals surface area contributed by atoms with Crippen molar-refractivity contribution >= 4 is 17.8 Å². The summed E-state index contributed by atoms with van der Waals surface area (Å²) in [7, 11) is 0. The van der Waals surface area contributed by atoms with Gasteiger partial charge in [0.1, 0.15) is 0 Å². The van der Waals surface area contributed by atoms with Gasteiger partial charge in [0.25, 0.3) is 0 Å². The van der Waals surface area contributed by atoms with Gasteiger partial charge in [-0.05, 0) is 10.3 Å². The first-order valence-corrected chi connectivity index (χ1v) is 3.68. The Bertz CT molecular complexity index is 495. The molecule has 0 amide bonds. The van der Waals surface area contributed by atoms with Gasteiger partial charge < -0.3 is 21.7 Å². The summed E-state index contributed by atoms with van der Waals surface area (Å²) in [6.07, 6.45) is 0. The van der Waals surface area contributed by atoms with Gasteiger partial charge >= 0.3 is 6.01 Å². The van der Waals surface area contributed by atoms with E-state index in [1.807, 2.05) is 0 Å². The summed E-state index contributed by atoms with van der Waals surface area (Å²) < 4.78 is 9.04. The van der Waals surface area contributed by atoms with Gasteiger partial charge in [-0.15, -0.1) is 0 Å². The fraction of sp³-hybridized carbons (Fsp3) is 0. The molecule has 0 aromatic carbocycles. The summed E-state index contributed by atoms with van der Waals surface area (Å²) in [5.74, 6) is -0.0581. The molecule has 0 aliphatic heterocycles. The number of guanidine groups is 1. The minimum Gasteiger partial charge on any atom is -0.379 e. The molecule has 0 atom stereocenters. The molecule has 0 aliphatic rings. The van der Waals surface area contributed by atoms with Crippen LogP contribution in [-0.2, 0) is 0 Å². The normalized spacial score (nSPS) is 10.1. The second kappa shape index (κ2) is 3.25. The fourth-order valence-electron chi connectivity index (χ4n) is 0.818.